The first kappa shape index (κ1) is 20.3. The standard InChI is InChI=1S/C22H34N4O3/c1-25-11-8-22(16-4-5-18(28-2)19(14-16)29-3)7-6-17(15-20(22)25)24-21(27)26-12-9-23-10-13-26/h4-5,14,17,20,23H,6-13,15H2,1-3H3,(H,24,27). The van der Waals surface area contributed by atoms with Crippen LogP contribution in [0.4, 0.5) is 4.79 Å². The number of nitrogens with one attached hydrogen (secondary N) is 2. The van der Waals surface area contributed by atoms with Crippen molar-refractivity contribution in [1.29, 1.82) is 0 Å². The van der Waals surface area contributed by atoms with Crippen molar-refractivity contribution in [3.8, 4) is 11.5 Å². The first-order valence-electron chi connectivity index (χ1n) is 10.8. The van der Waals surface area contributed by atoms with E-state index < -0.39 is 0 Å². The van der Waals surface area contributed by atoms with E-state index in [0.717, 1.165) is 69.9 Å². The number of benzene rings is 1. The van der Waals surface area contributed by atoms with Gasteiger partial charge >= 0.3 is 6.03 Å². The molecule has 0 radical (unpaired) electrons. The van der Waals surface area contributed by atoms with Crippen LogP contribution in [0.25, 0.3) is 0 Å². The van der Waals surface area contributed by atoms with Gasteiger partial charge in [0, 0.05) is 43.7 Å². The van der Waals surface area contributed by atoms with E-state index in [-0.39, 0.29) is 17.5 Å². The SMILES string of the molecule is COc1ccc(C23CCC(NC(=O)N4CCNCC4)CC2N(C)CC3)cc1OC. The number of urea groups is 1. The number of carbonyl (C=O) groups excluding carboxylic acids is 1. The van der Waals surface area contributed by atoms with Crippen LogP contribution in [-0.2, 0) is 5.41 Å². The Morgan fingerprint density at radius 2 is 1.90 bits per heavy atom. The Bertz CT molecular complexity index is 737. The summed E-state index contributed by atoms with van der Waals surface area (Å²) in [6.45, 7) is 4.42. The second-order valence-electron chi connectivity index (χ2n) is 8.63. The molecule has 3 fully saturated rings. The van der Waals surface area contributed by atoms with Gasteiger partial charge in [0.1, 0.15) is 0 Å². The fourth-order valence-corrected chi connectivity index (χ4v) is 5.53. The quantitative estimate of drug-likeness (QED) is 0.804. The third kappa shape index (κ3) is 3.78. The number of methoxy groups -OCH3 is 2. The minimum Gasteiger partial charge on any atom is -0.493 e. The molecule has 3 atom stereocenters. The fraction of sp³-hybridized carbons (Fsp3) is 0.682. The van der Waals surface area contributed by atoms with Crippen LogP contribution in [0.2, 0.25) is 0 Å². The largest absolute Gasteiger partial charge is 0.493 e. The van der Waals surface area contributed by atoms with E-state index in [1.54, 1.807) is 14.2 Å². The molecule has 7 heteroatoms. The zero-order valence-electron chi connectivity index (χ0n) is 17.9. The van der Waals surface area contributed by atoms with Gasteiger partial charge in [0.25, 0.3) is 0 Å². The zero-order valence-corrected chi connectivity index (χ0v) is 17.9. The minimum absolute atomic E-state index is 0.0933. The van der Waals surface area contributed by atoms with Crippen molar-refractivity contribution in [2.45, 2.75) is 43.2 Å². The second kappa shape index (κ2) is 8.40. The summed E-state index contributed by atoms with van der Waals surface area (Å²) in [6.07, 6.45) is 4.21. The summed E-state index contributed by atoms with van der Waals surface area (Å²) in [5.74, 6) is 1.56. The lowest BCUT2D eigenvalue weighted by atomic mass is 9.65. The fourth-order valence-electron chi connectivity index (χ4n) is 5.53. The molecular weight excluding hydrogens is 368 g/mol. The van der Waals surface area contributed by atoms with Gasteiger partial charge in [-0.05, 0) is 57.0 Å². The summed E-state index contributed by atoms with van der Waals surface area (Å²) >= 11 is 0. The molecule has 1 saturated carbocycles. The Hall–Kier alpha value is -1.99. The number of ether oxygens (including phenoxy) is 2. The Kier molecular flexibility index (Phi) is 5.88. The normalized spacial score (nSPS) is 30.0. The molecule has 1 aliphatic carbocycles. The van der Waals surface area contributed by atoms with Crippen LogP contribution in [0.1, 0.15) is 31.2 Å². The van der Waals surface area contributed by atoms with Gasteiger partial charge in [0.2, 0.25) is 0 Å². The van der Waals surface area contributed by atoms with Crippen molar-refractivity contribution >= 4 is 6.03 Å². The van der Waals surface area contributed by atoms with E-state index in [1.807, 2.05) is 11.0 Å². The van der Waals surface area contributed by atoms with E-state index >= 15 is 0 Å². The highest BCUT2D eigenvalue weighted by atomic mass is 16.5. The lowest BCUT2D eigenvalue weighted by Crippen LogP contribution is -2.56. The minimum atomic E-state index is 0.0933. The van der Waals surface area contributed by atoms with Gasteiger partial charge < -0.3 is 29.9 Å². The lowest BCUT2D eigenvalue weighted by molar-refractivity contribution is 0.144. The van der Waals surface area contributed by atoms with Gasteiger partial charge in [-0.15, -0.1) is 0 Å². The van der Waals surface area contributed by atoms with E-state index in [0.29, 0.717) is 6.04 Å². The van der Waals surface area contributed by atoms with Gasteiger partial charge in [0.15, 0.2) is 11.5 Å². The molecule has 4 rings (SSSR count). The molecule has 0 bridgehead atoms. The predicted molar refractivity (Wildman–Crippen MR) is 113 cm³/mol. The number of rotatable bonds is 4. The molecule has 2 aliphatic heterocycles. The van der Waals surface area contributed by atoms with Crippen molar-refractivity contribution in [2.24, 2.45) is 0 Å². The van der Waals surface area contributed by atoms with Crippen molar-refractivity contribution in [3.63, 3.8) is 0 Å². The van der Waals surface area contributed by atoms with Crippen LogP contribution in [0, 0.1) is 0 Å². The molecule has 3 unspecified atom stereocenters. The van der Waals surface area contributed by atoms with Crippen molar-refractivity contribution in [1.82, 2.24) is 20.4 Å². The van der Waals surface area contributed by atoms with Crippen molar-refractivity contribution in [2.75, 3.05) is 54.0 Å². The van der Waals surface area contributed by atoms with E-state index in [1.165, 1.54) is 5.56 Å². The summed E-state index contributed by atoms with van der Waals surface area (Å²) < 4.78 is 11.0. The first-order valence-corrected chi connectivity index (χ1v) is 10.8. The van der Waals surface area contributed by atoms with Crippen LogP contribution >= 0.6 is 0 Å². The molecule has 2 heterocycles. The maximum absolute atomic E-state index is 12.7. The second-order valence-corrected chi connectivity index (χ2v) is 8.63. The Morgan fingerprint density at radius 1 is 1.14 bits per heavy atom. The number of likely N-dealkylation sites (N-methyl/N-ethyl adjacent to an activating group) is 1. The Balaban J connectivity index is 1.50. The zero-order chi connectivity index (χ0) is 20.4. The van der Waals surface area contributed by atoms with E-state index in [9.17, 15) is 4.79 Å². The number of likely N-dealkylation sites (tertiary alicyclic amines) is 1. The highest BCUT2D eigenvalue weighted by molar-refractivity contribution is 5.74. The molecule has 3 aliphatic rings. The maximum Gasteiger partial charge on any atom is 0.317 e. The number of piperazine rings is 1. The van der Waals surface area contributed by atoms with Gasteiger partial charge in [0.05, 0.1) is 14.2 Å². The monoisotopic (exact) mass is 402 g/mol. The number of hydrogen-bond donors (Lipinski definition) is 2. The molecule has 0 aromatic heterocycles. The third-order valence-electron chi connectivity index (χ3n) is 7.22. The summed E-state index contributed by atoms with van der Waals surface area (Å²) in [5.41, 5.74) is 1.45. The molecular formula is C22H34N4O3. The van der Waals surface area contributed by atoms with Gasteiger partial charge in [-0.3, -0.25) is 0 Å². The molecule has 2 saturated heterocycles. The lowest BCUT2D eigenvalue weighted by Gasteiger charge is -2.45. The van der Waals surface area contributed by atoms with E-state index in [2.05, 4.69) is 34.7 Å². The predicted octanol–water partition coefficient (Wildman–Crippen LogP) is 1.81. The molecule has 2 amide bonds. The summed E-state index contributed by atoms with van der Waals surface area (Å²) in [6, 6.07) is 7.13. The average Bonchev–Trinajstić information content (AvgIpc) is 3.11. The number of nitrogens with zero attached hydrogens (tertiary/aromatic N) is 2. The van der Waals surface area contributed by atoms with Crippen LogP contribution < -0.4 is 20.1 Å². The van der Waals surface area contributed by atoms with Gasteiger partial charge in [-0.25, -0.2) is 4.79 Å². The van der Waals surface area contributed by atoms with Gasteiger partial charge in [-0.2, -0.15) is 0 Å². The third-order valence-corrected chi connectivity index (χ3v) is 7.22. The number of fused-ring (bicyclic) bond motifs is 1. The van der Waals surface area contributed by atoms with Crippen LogP contribution in [0.15, 0.2) is 18.2 Å². The van der Waals surface area contributed by atoms with Crippen LogP contribution in [-0.4, -0.2) is 81.9 Å². The van der Waals surface area contributed by atoms with Crippen LogP contribution in [0.3, 0.4) is 0 Å². The Morgan fingerprint density at radius 3 is 2.62 bits per heavy atom. The van der Waals surface area contributed by atoms with Crippen molar-refractivity contribution < 1.29 is 14.3 Å². The first-order chi connectivity index (χ1) is 14.1. The summed E-state index contributed by atoms with van der Waals surface area (Å²) in [5, 5.41) is 6.62. The smallest absolute Gasteiger partial charge is 0.317 e. The number of amides is 2. The van der Waals surface area contributed by atoms with Crippen LogP contribution in [0.5, 0.6) is 11.5 Å². The number of hydrogen-bond acceptors (Lipinski definition) is 5. The molecule has 2 N–H and O–H groups in total. The van der Waals surface area contributed by atoms with Crippen molar-refractivity contribution in [3.05, 3.63) is 23.8 Å². The summed E-state index contributed by atoms with van der Waals surface area (Å²) in [4.78, 5) is 17.1. The Labute approximate surface area is 173 Å². The summed E-state index contributed by atoms with van der Waals surface area (Å²) in [7, 11) is 5.59. The topological polar surface area (TPSA) is 66.1 Å². The highest BCUT2D eigenvalue weighted by Gasteiger charge is 2.50. The molecule has 1 aromatic rings. The average molecular weight is 403 g/mol. The maximum atomic E-state index is 12.7. The molecule has 29 heavy (non-hydrogen) atoms. The van der Waals surface area contributed by atoms with Gasteiger partial charge in [-0.1, -0.05) is 6.07 Å². The highest BCUT2D eigenvalue weighted by Crippen LogP contribution is 2.49. The molecule has 7 nitrogen and oxygen atoms in total. The van der Waals surface area contributed by atoms with E-state index in [4.69, 9.17) is 9.47 Å². The molecule has 1 aromatic carbocycles. The number of carbonyl (C=O) groups is 1. The molecule has 0 spiro atoms. The molecule has 160 valence electrons.